The predicted octanol–water partition coefficient (Wildman–Crippen LogP) is 3.37. The van der Waals surface area contributed by atoms with Crippen molar-refractivity contribution in [3.8, 4) is 0 Å². The molecule has 0 spiro atoms. The zero-order valence-electron chi connectivity index (χ0n) is 15.0. The van der Waals surface area contributed by atoms with Crippen LogP contribution in [0, 0.1) is 0 Å². The molecule has 7 heteroatoms. The molecule has 1 aromatic carbocycles. The molecule has 2 N–H and O–H groups in total. The smallest absolute Gasteiger partial charge is 0.248 e. The van der Waals surface area contributed by atoms with Gasteiger partial charge in [0.25, 0.3) is 0 Å². The van der Waals surface area contributed by atoms with Crippen LogP contribution in [0.15, 0.2) is 30.5 Å². The van der Waals surface area contributed by atoms with Crippen LogP contribution in [-0.4, -0.2) is 32.3 Å². The highest BCUT2D eigenvalue weighted by Crippen LogP contribution is 2.27. The maximum absolute atomic E-state index is 12.5. The standard InChI is InChI=1S/C19H23N5O2/c1-12(2)24-11-13(14-6-3-4-7-15(14)24)10-17(25)20-19-21-18(22-23-19)16-8-5-9-26-16/h3-4,6-7,11-12,16H,5,8-10H2,1-2H3,(H2,20,21,22,23,25)/t16-/m0/s1. The van der Waals surface area contributed by atoms with Crippen LogP contribution in [0.25, 0.3) is 10.9 Å². The number of nitrogens with zero attached hydrogens (tertiary/aromatic N) is 3. The summed E-state index contributed by atoms with van der Waals surface area (Å²) in [6.45, 7) is 5.01. The Balaban J connectivity index is 1.49. The Morgan fingerprint density at radius 1 is 1.42 bits per heavy atom. The summed E-state index contributed by atoms with van der Waals surface area (Å²) in [4.78, 5) is 16.8. The van der Waals surface area contributed by atoms with Crippen molar-refractivity contribution in [2.45, 2.75) is 45.3 Å². The van der Waals surface area contributed by atoms with E-state index in [-0.39, 0.29) is 18.4 Å². The summed E-state index contributed by atoms with van der Waals surface area (Å²) in [7, 11) is 0. The molecule has 3 heterocycles. The van der Waals surface area contributed by atoms with Crippen LogP contribution < -0.4 is 5.32 Å². The Hall–Kier alpha value is -2.67. The average Bonchev–Trinajstić information content (AvgIpc) is 3.34. The maximum atomic E-state index is 12.5. The van der Waals surface area contributed by atoms with E-state index < -0.39 is 0 Å². The van der Waals surface area contributed by atoms with Crippen molar-refractivity contribution in [1.29, 1.82) is 0 Å². The first-order valence-electron chi connectivity index (χ1n) is 9.04. The SMILES string of the molecule is CC(C)n1cc(CC(=O)Nc2n[nH]c([C@@H]3CCCO3)n2)c2ccccc21. The third kappa shape index (κ3) is 3.22. The zero-order chi connectivity index (χ0) is 18.1. The molecule has 1 aliphatic rings. The number of nitrogens with one attached hydrogen (secondary N) is 2. The Bertz CT molecular complexity index is 921. The summed E-state index contributed by atoms with van der Waals surface area (Å²) in [6.07, 6.45) is 4.25. The number of benzene rings is 1. The Kier molecular flexibility index (Phi) is 4.46. The van der Waals surface area contributed by atoms with Gasteiger partial charge in [-0.2, -0.15) is 4.98 Å². The lowest BCUT2D eigenvalue weighted by molar-refractivity contribution is -0.115. The first-order chi connectivity index (χ1) is 12.6. The molecule has 1 fully saturated rings. The molecule has 1 atom stereocenters. The van der Waals surface area contributed by atoms with Gasteiger partial charge in [-0.15, -0.1) is 5.10 Å². The van der Waals surface area contributed by atoms with Crippen LogP contribution in [0.1, 0.15) is 50.2 Å². The number of rotatable bonds is 5. The molecule has 7 nitrogen and oxygen atoms in total. The van der Waals surface area contributed by atoms with Gasteiger partial charge < -0.3 is 9.30 Å². The molecule has 3 aromatic rings. The number of aromatic amines is 1. The van der Waals surface area contributed by atoms with Crippen molar-refractivity contribution in [2.75, 3.05) is 11.9 Å². The zero-order valence-corrected chi connectivity index (χ0v) is 15.0. The fraction of sp³-hybridized carbons (Fsp3) is 0.421. The molecular weight excluding hydrogens is 330 g/mol. The van der Waals surface area contributed by atoms with Crippen LogP contribution in [0.2, 0.25) is 0 Å². The Morgan fingerprint density at radius 3 is 3.04 bits per heavy atom. The number of aromatic nitrogens is 4. The van der Waals surface area contributed by atoms with Gasteiger partial charge >= 0.3 is 0 Å². The number of para-hydroxylation sites is 1. The predicted molar refractivity (Wildman–Crippen MR) is 99.0 cm³/mol. The molecule has 1 aliphatic heterocycles. The lowest BCUT2D eigenvalue weighted by Crippen LogP contribution is -2.15. The highest BCUT2D eigenvalue weighted by molar-refractivity contribution is 5.95. The summed E-state index contributed by atoms with van der Waals surface area (Å²) in [5, 5.41) is 10.8. The lowest BCUT2D eigenvalue weighted by Gasteiger charge is -2.08. The van der Waals surface area contributed by atoms with Crippen molar-refractivity contribution in [2.24, 2.45) is 0 Å². The molecule has 136 valence electrons. The Labute approximate surface area is 151 Å². The molecule has 0 aliphatic carbocycles. The van der Waals surface area contributed by atoms with E-state index in [1.165, 1.54) is 0 Å². The molecule has 1 saturated heterocycles. The third-order valence-electron chi connectivity index (χ3n) is 4.72. The molecule has 2 aromatic heterocycles. The normalized spacial score (nSPS) is 17.3. The number of carbonyl (C=O) groups excluding carboxylic acids is 1. The minimum absolute atomic E-state index is 0.0443. The second-order valence-electron chi connectivity index (χ2n) is 6.94. The summed E-state index contributed by atoms with van der Waals surface area (Å²) in [5.74, 6) is 0.844. The van der Waals surface area contributed by atoms with E-state index in [2.05, 4.69) is 57.2 Å². The minimum Gasteiger partial charge on any atom is -0.370 e. The molecule has 0 bridgehead atoms. The summed E-state index contributed by atoms with van der Waals surface area (Å²) >= 11 is 0. The molecule has 4 rings (SSSR count). The van der Waals surface area contributed by atoms with Gasteiger partial charge in [0.1, 0.15) is 6.10 Å². The van der Waals surface area contributed by atoms with E-state index in [9.17, 15) is 4.79 Å². The molecule has 0 saturated carbocycles. The monoisotopic (exact) mass is 353 g/mol. The lowest BCUT2D eigenvalue weighted by atomic mass is 10.1. The highest BCUT2D eigenvalue weighted by Gasteiger charge is 2.22. The Morgan fingerprint density at radius 2 is 2.27 bits per heavy atom. The van der Waals surface area contributed by atoms with Crippen molar-refractivity contribution in [1.82, 2.24) is 19.7 Å². The van der Waals surface area contributed by atoms with Crippen molar-refractivity contribution in [3.63, 3.8) is 0 Å². The summed E-state index contributed by atoms with van der Waals surface area (Å²) in [6, 6.07) is 8.49. The second-order valence-corrected chi connectivity index (χ2v) is 6.94. The van der Waals surface area contributed by atoms with E-state index in [0.717, 1.165) is 35.9 Å². The van der Waals surface area contributed by atoms with E-state index in [1.807, 2.05) is 12.1 Å². The first kappa shape index (κ1) is 16.8. The van der Waals surface area contributed by atoms with Gasteiger partial charge in [0.15, 0.2) is 5.82 Å². The van der Waals surface area contributed by atoms with Crippen LogP contribution >= 0.6 is 0 Å². The molecule has 1 amide bonds. The van der Waals surface area contributed by atoms with Gasteiger partial charge in [-0.1, -0.05) is 18.2 Å². The van der Waals surface area contributed by atoms with Crippen LogP contribution in [0.5, 0.6) is 0 Å². The van der Waals surface area contributed by atoms with Crippen molar-refractivity contribution >= 4 is 22.8 Å². The fourth-order valence-corrected chi connectivity index (χ4v) is 3.45. The van der Waals surface area contributed by atoms with Gasteiger partial charge in [-0.3, -0.25) is 15.2 Å². The fourth-order valence-electron chi connectivity index (χ4n) is 3.45. The van der Waals surface area contributed by atoms with Crippen LogP contribution in [0.4, 0.5) is 5.95 Å². The van der Waals surface area contributed by atoms with E-state index in [1.54, 1.807) is 0 Å². The number of anilines is 1. The maximum Gasteiger partial charge on any atom is 0.248 e. The quantitative estimate of drug-likeness (QED) is 0.736. The van der Waals surface area contributed by atoms with Gasteiger partial charge in [0, 0.05) is 29.7 Å². The average molecular weight is 353 g/mol. The first-order valence-corrected chi connectivity index (χ1v) is 9.04. The highest BCUT2D eigenvalue weighted by atomic mass is 16.5. The van der Waals surface area contributed by atoms with Crippen LogP contribution in [0.3, 0.4) is 0 Å². The third-order valence-corrected chi connectivity index (χ3v) is 4.72. The van der Waals surface area contributed by atoms with Crippen molar-refractivity contribution in [3.05, 3.63) is 41.9 Å². The van der Waals surface area contributed by atoms with Crippen LogP contribution in [-0.2, 0) is 16.0 Å². The molecule has 0 radical (unpaired) electrons. The number of hydrogen-bond donors (Lipinski definition) is 2. The van der Waals surface area contributed by atoms with E-state index in [4.69, 9.17) is 4.74 Å². The van der Waals surface area contributed by atoms with E-state index in [0.29, 0.717) is 17.8 Å². The van der Waals surface area contributed by atoms with Gasteiger partial charge in [-0.25, -0.2) is 0 Å². The van der Waals surface area contributed by atoms with Gasteiger partial charge in [0.05, 0.1) is 6.42 Å². The topological polar surface area (TPSA) is 84.8 Å². The number of ether oxygens (including phenoxy) is 1. The minimum atomic E-state index is -0.130. The molecular formula is C19H23N5O2. The number of hydrogen-bond acceptors (Lipinski definition) is 4. The number of fused-ring (bicyclic) bond motifs is 1. The van der Waals surface area contributed by atoms with Gasteiger partial charge in [0.2, 0.25) is 11.9 Å². The van der Waals surface area contributed by atoms with Crippen molar-refractivity contribution < 1.29 is 9.53 Å². The summed E-state index contributed by atoms with van der Waals surface area (Å²) < 4.78 is 7.77. The number of amides is 1. The second kappa shape index (κ2) is 6.92. The van der Waals surface area contributed by atoms with Gasteiger partial charge in [-0.05, 0) is 38.3 Å². The largest absolute Gasteiger partial charge is 0.370 e. The van der Waals surface area contributed by atoms with E-state index >= 15 is 0 Å². The number of carbonyl (C=O) groups is 1. The number of H-pyrrole nitrogens is 1. The molecule has 26 heavy (non-hydrogen) atoms. The molecule has 0 unspecified atom stereocenters. The summed E-state index contributed by atoms with van der Waals surface area (Å²) in [5.41, 5.74) is 2.14.